The molecule has 4 heterocycles. The molecule has 1 aliphatic rings. The summed E-state index contributed by atoms with van der Waals surface area (Å²) >= 11 is 0. The van der Waals surface area contributed by atoms with Crippen molar-refractivity contribution in [2.45, 2.75) is 51.6 Å². The van der Waals surface area contributed by atoms with E-state index in [1.807, 2.05) is 13.0 Å². The Kier molecular flexibility index (Phi) is 5.29. The highest BCUT2D eigenvalue weighted by Gasteiger charge is 2.36. The smallest absolute Gasteiger partial charge is 0.433 e. The minimum absolute atomic E-state index is 0.150. The second-order valence-electron chi connectivity index (χ2n) is 7.70. The number of carbonyl (C=O) groups is 1. The van der Waals surface area contributed by atoms with Crippen molar-refractivity contribution in [3.8, 4) is 0 Å². The number of piperidine rings is 1. The first-order valence-corrected chi connectivity index (χ1v) is 10.1. The number of halogens is 3. The van der Waals surface area contributed by atoms with Crippen LogP contribution in [0.3, 0.4) is 0 Å². The number of rotatable bonds is 4. The summed E-state index contributed by atoms with van der Waals surface area (Å²) in [5.41, 5.74) is 0.236. The summed E-state index contributed by atoms with van der Waals surface area (Å²) in [5.74, 6) is 0.763. The molecule has 4 rings (SSSR count). The highest BCUT2D eigenvalue weighted by Crippen LogP contribution is 2.34. The quantitative estimate of drug-likeness (QED) is 0.618. The fourth-order valence-corrected chi connectivity index (χ4v) is 3.93. The lowest BCUT2D eigenvalue weighted by Crippen LogP contribution is -2.38. The van der Waals surface area contributed by atoms with E-state index in [9.17, 15) is 18.0 Å². The predicted molar refractivity (Wildman–Crippen MR) is 103 cm³/mol. The second-order valence-corrected chi connectivity index (χ2v) is 7.70. The van der Waals surface area contributed by atoms with Crippen LogP contribution in [0.15, 0.2) is 28.7 Å². The van der Waals surface area contributed by atoms with Gasteiger partial charge in [-0.15, -0.1) is 0 Å². The number of fused-ring (bicyclic) bond motifs is 1. The van der Waals surface area contributed by atoms with Crippen LogP contribution in [0.1, 0.15) is 65.5 Å². The molecule has 1 saturated heterocycles. The van der Waals surface area contributed by atoms with E-state index in [-0.39, 0.29) is 17.5 Å². The minimum atomic E-state index is -4.53. The number of aromatic nitrogens is 3. The van der Waals surface area contributed by atoms with Gasteiger partial charge in [0.2, 0.25) is 0 Å². The second kappa shape index (κ2) is 7.77. The number of nitrogens with zero attached hydrogens (tertiary/aromatic N) is 4. The lowest BCUT2D eigenvalue weighted by atomic mass is 9.92. The van der Waals surface area contributed by atoms with Crippen LogP contribution in [0, 0.1) is 6.92 Å². The maximum Gasteiger partial charge on any atom is 0.433 e. The molecule has 0 unspecified atom stereocenters. The Morgan fingerprint density at radius 1 is 1.23 bits per heavy atom. The highest BCUT2D eigenvalue weighted by molar-refractivity contribution is 5.91. The predicted octanol–water partition coefficient (Wildman–Crippen LogP) is 4.62. The molecular weight excluding hydrogens is 397 g/mol. The zero-order valence-corrected chi connectivity index (χ0v) is 16.9. The largest absolute Gasteiger partial charge is 0.456 e. The summed E-state index contributed by atoms with van der Waals surface area (Å²) in [7, 11) is 0. The first-order valence-electron chi connectivity index (χ1n) is 10.1. The molecule has 9 heteroatoms. The number of aryl methyl sites for hydroxylation is 2. The van der Waals surface area contributed by atoms with Crippen LogP contribution in [0.25, 0.3) is 5.65 Å². The van der Waals surface area contributed by atoms with Gasteiger partial charge in [-0.1, -0.05) is 6.92 Å². The van der Waals surface area contributed by atoms with Crippen LogP contribution in [0.2, 0.25) is 0 Å². The Bertz CT molecular complexity index is 1060. The normalized spacial score (nSPS) is 15.8. The number of hydrogen-bond donors (Lipinski definition) is 0. The van der Waals surface area contributed by atoms with E-state index in [0.717, 1.165) is 29.2 Å². The van der Waals surface area contributed by atoms with Crippen molar-refractivity contribution in [1.82, 2.24) is 19.5 Å². The van der Waals surface area contributed by atoms with E-state index in [1.165, 1.54) is 0 Å². The minimum Gasteiger partial charge on any atom is -0.456 e. The Balaban J connectivity index is 1.51. The van der Waals surface area contributed by atoms with Crippen LogP contribution < -0.4 is 0 Å². The Labute approximate surface area is 171 Å². The molecule has 0 aliphatic carbocycles. The van der Waals surface area contributed by atoms with Crippen molar-refractivity contribution >= 4 is 11.6 Å². The van der Waals surface area contributed by atoms with Gasteiger partial charge in [0.05, 0.1) is 5.69 Å². The van der Waals surface area contributed by atoms with Crippen molar-refractivity contribution in [2.24, 2.45) is 0 Å². The van der Waals surface area contributed by atoms with Gasteiger partial charge in [-0.3, -0.25) is 4.79 Å². The molecule has 6 nitrogen and oxygen atoms in total. The summed E-state index contributed by atoms with van der Waals surface area (Å²) in [4.78, 5) is 18.8. The van der Waals surface area contributed by atoms with E-state index < -0.39 is 11.9 Å². The molecule has 1 amide bonds. The lowest BCUT2D eigenvalue weighted by molar-refractivity contribution is -0.142. The molecule has 160 valence electrons. The van der Waals surface area contributed by atoms with Crippen molar-refractivity contribution < 1.29 is 22.4 Å². The molecule has 0 bridgehead atoms. The van der Waals surface area contributed by atoms with Gasteiger partial charge in [0, 0.05) is 37.2 Å². The van der Waals surface area contributed by atoms with Gasteiger partial charge in [-0.05, 0) is 44.4 Å². The van der Waals surface area contributed by atoms with Gasteiger partial charge in [-0.2, -0.15) is 18.3 Å². The van der Waals surface area contributed by atoms with Crippen LogP contribution in [-0.2, 0) is 12.6 Å². The topological polar surface area (TPSA) is 63.6 Å². The van der Waals surface area contributed by atoms with Crippen molar-refractivity contribution in [3.05, 3.63) is 52.9 Å². The average Bonchev–Trinajstić information content (AvgIpc) is 3.32. The first kappa shape index (κ1) is 20.4. The van der Waals surface area contributed by atoms with Crippen molar-refractivity contribution in [2.75, 3.05) is 13.1 Å². The SMILES string of the molecule is CCCc1ccc(C(=O)N2CCC(c3cc(C(F)(F)F)n4nc(C)cc4n3)CC2)o1. The molecule has 0 saturated carbocycles. The molecule has 0 spiro atoms. The van der Waals surface area contributed by atoms with E-state index in [2.05, 4.69) is 10.1 Å². The maximum atomic E-state index is 13.5. The van der Waals surface area contributed by atoms with Gasteiger partial charge in [0.15, 0.2) is 11.4 Å². The summed E-state index contributed by atoms with van der Waals surface area (Å²) in [6.45, 7) is 4.56. The van der Waals surface area contributed by atoms with Gasteiger partial charge in [-0.25, -0.2) is 9.50 Å². The van der Waals surface area contributed by atoms with E-state index >= 15 is 0 Å². The summed E-state index contributed by atoms with van der Waals surface area (Å²) in [6, 6.07) is 6.13. The molecule has 1 fully saturated rings. The van der Waals surface area contributed by atoms with Gasteiger partial charge >= 0.3 is 6.18 Å². The number of furan rings is 1. The number of alkyl halides is 3. The number of hydrogen-bond acceptors (Lipinski definition) is 4. The third-order valence-corrected chi connectivity index (χ3v) is 5.43. The van der Waals surface area contributed by atoms with Crippen LogP contribution in [0.5, 0.6) is 0 Å². The van der Waals surface area contributed by atoms with Crippen molar-refractivity contribution in [3.63, 3.8) is 0 Å². The zero-order chi connectivity index (χ0) is 21.5. The number of likely N-dealkylation sites (tertiary alicyclic amines) is 1. The van der Waals surface area contributed by atoms with Crippen LogP contribution >= 0.6 is 0 Å². The van der Waals surface area contributed by atoms with Gasteiger partial charge < -0.3 is 9.32 Å². The standard InChI is InChI=1S/C21H23F3N4O2/c1-3-4-15-5-6-17(30-15)20(29)27-9-7-14(8-10-27)16-12-18(21(22,23)24)28-19(25-16)11-13(2)26-28/h5-6,11-12,14H,3-4,7-10H2,1-2H3. The highest BCUT2D eigenvalue weighted by atomic mass is 19.4. The molecule has 3 aromatic heterocycles. The number of carbonyl (C=O) groups excluding carboxylic acids is 1. The van der Waals surface area contributed by atoms with Gasteiger partial charge in [0.1, 0.15) is 11.5 Å². The summed E-state index contributed by atoms with van der Waals surface area (Å²) in [6.07, 6.45) is -1.73. The van der Waals surface area contributed by atoms with Crippen LogP contribution in [0.4, 0.5) is 13.2 Å². The molecule has 0 N–H and O–H groups in total. The third kappa shape index (κ3) is 3.93. The summed E-state index contributed by atoms with van der Waals surface area (Å²) < 4.78 is 47.1. The molecule has 3 aromatic rings. The van der Waals surface area contributed by atoms with E-state index in [1.54, 1.807) is 24.0 Å². The van der Waals surface area contributed by atoms with Crippen molar-refractivity contribution in [1.29, 1.82) is 0 Å². The third-order valence-electron chi connectivity index (χ3n) is 5.43. The van der Waals surface area contributed by atoms with Crippen LogP contribution in [-0.4, -0.2) is 38.5 Å². The van der Waals surface area contributed by atoms with Gasteiger partial charge in [0.25, 0.3) is 5.91 Å². The fourth-order valence-electron chi connectivity index (χ4n) is 3.93. The lowest BCUT2D eigenvalue weighted by Gasteiger charge is -2.31. The first-order chi connectivity index (χ1) is 14.3. The Hall–Kier alpha value is -2.84. The molecule has 0 atom stereocenters. The molecule has 30 heavy (non-hydrogen) atoms. The fraction of sp³-hybridized carbons (Fsp3) is 0.476. The summed E-state index contributed by atoms with van der Waals surface area (Å²) in [5, 5.41) is 3.92. The molecular formula is C21H23F3N4O2. The van der Waals surface area contributed by atoms with E-state index in [4.69, 9.17) is 4.42 Å². The Morgan fingerprint density at radius 2 is 1.97 bits per heavy atom. The molecule has 0 radical (unpaired) electrons. The zero-order valence-electron chi connectivity index (χ0n) is 16.9. The maximum absolute atomic E-state index is 13.5. The molecule has 0 aromatic carbocycles. The average molecular weight is 420 g/mol. The Morgan fingerprint density at radius 3 is 2.63 bits per heavy atom. The molecule has 1 aliphatic heterocycles. The number of amides is 1. The van der Waals surface area contributed by atoms with E-state index in [0.29, 0.717) is 43.1 Å². The monoisotopic (exact) mass is 420 g/mol.